The summed E-state index contributed by atoms with van der Waals surface area (Å²) in [6.07, 6.45) is 3.00. The molecule has 102 valence electrons. The van der Waals surface area contributed by atoms with Crippen molar-refractivity contribution in [1.29, 1.82) is 0 Å². The molecule has 1 aromatic carbocycles. The quantitative estimate of drug-likeness (QED) is 0.838. The standard InChI is InChI=1S/C16H23N3/c1-6-19-10-15(17-18-19)9-14(5)16-12(3)7-11(2)8-13(16)4/h7-8,10,14H,6,9H2,1-5H3. The van der Waals surface area contributed by atoms with Crippen LogP contribution in [0.3, 0.4) is 0 Å². The van der Waals surface area contributed by atoms with E-state index < -0.39 is 0 Å². The Bertz CT molecular complexity index is 546. The Hall–Kier alpha value is -1.64. The van der Waals surface area contributed by atoms with Crippen LogP contribution in [0.15, 0.2) is 18.3 Å². The van der Waals surface area contributed by atoms with Gasteiger partial charge in [-0.25, -0.2) is 0 Å². The SMILES string of the molecule is CCn1cc(CC(C)c2c(C)cc(C)cc2C)nn1. The molecule has 0 fully saturated rings. The minimum atomic E-state index is 0.475. The normalized spacial score (nSPS) is 12.7. The van der Waals surface area contributed by atoms with Crippen molar-refractivity contribution in [3.8, 4) is 0 Å². The molecule has 1 atom stereocenters. The van der Waals surface area contributed by atoms with Gasteiger partial charge >= 0.3 is 0 Å². The molecule has 1 aromatic heterocycles. The lowest BCUT2D eigenvalue weighted by atomic mass is 9.88. The van der Waals surface area contributed by atoms with E-state index in [1.165, 1.54) is 22.3 Å². The second kappa shape index (κ2) is 5.55. The van der Waals surface area contributed by atoms with Gasteiger partial charge in [0.05, 0.1) is 5.69 Å². The van der Waals surface area contributed by atoms with Gasteiger partial charge in [-0.3, -0.25) is 4.68 Å². The van der Waals surface area contributed by atoms with E-state index in [2.05, 4.69) is 63.3 Å². The van der Waals surface area contributed by atoms with Gasteiger partial charge in [-0.15, -0.1) is 5.10 Å². The van der Waals surface area contributed by atoms with E-state index in [4.69, 9.17) is 0 Å². The minimum absolute atomic E-state index is 0.475. The molecule has 0 radical (unpaired) electrons. The molecule has 2 rings (SSSR count). The third kappa shape index (κ3) is 3.03. The molecule has 0 aliphatic carbocycles. The molecule has 0 amide bonds. The molecule has 2 aromatic rings. The van der Waals surface area contributed by atoms with Gasteiger partial charge in [-0.2, -0.15) is 0 Å². The molecule has 19 heavy (non-hydrogen) atoms. The molecular weight excluding hydrogens is 234 g/mol. The van der Waals surface area contributed by atoms with Crippen molar-refractivity contribution in [2.75, 3.05) is 0 Å². The maximum atomic E-state index is 4.24. The number of rotatable bonds is 4. The van der Waals surface area contributed by atoms with Crippen LogP contribution in [-0.4, -0.2) is 15.0 Å². The average Bonchev–Trinajstić information content (AvgIpc) is 2.75. The lowest BCUT2D eigenvalue weighted by Crippen LogP contribution is -2.04. The van der Waals surface area contributed by atoms with Gasteiger partial charge in [0.1, 0.15) is 0 Å². The zero-order chi connectivity index (χ0) is 14.0. The molecule has 0 saturated heterocycles. The Morgan fingerprint density at radius 3 is 2.32 bits per heavy atom. The summed E-state index contributed by atoms with van der Waals surface area (Å²) in [6.45, 7) is 11.8. The monoisotopic (exact) mass is 257 g/mol. The molecule has 0 bridgehead atoms. The fourth-order valence-corrected chi connectivity index (χ4v) is 2.97. The fraction of sp³-hybridized carbons (Fsp3) is 0.500. The van der Waals surface area contributed by atoms with Crippen molar-refractivity contribution in [2.45, 2.75) is 53.5 Å². The summed E-state index contributed by atoms with van der Waals surface area (Å²) in [5.41, 5.74) is 6.63. The van der Waals surface area contributed by atoms with Crippen LogP contribution in [0, 0.1) is 20.8 Å². The predicted octanol–water partition coefficient (Wildman–Crippen LogP) is 3.57. The van der Waals surface area contributed by atoms with Gasteiger partial charge in [0.2, 0.25) is 0 Å². The number of hydrogen-bond donors (Lipinski definition) is 0. The Morgan fingerprint density at radius 1 is 1.16 bits per heavy atom. The summed E-state index contributed by atoms with van der Waals surface area (Å²) < 4.78 is 1.89. The molecule has 0 N–H and O–H groups in total. The van der Waals surface area contributed by atoms with E-state index in [1.807, 2.05) is 4.68 Å². The van der Waals surface area contributed by atoms with Crippen molar-refractivity contribution in [1.82, 2.24) is 15.0 Å². The van der Waals surface area contributed by atoms with Crippen molar-refractivity contribution >= 4 is 0 Å². The highest BCUT2D eigenvalue weighted by Crippen LogP contribution is 2.27. The number of benzene rings is 1. The van der Waals surface area contributed by atoms with Gasteiger partial charge < -0.3 is 0 Å². The maximum Gasteiger partial charge on any atom is 0.0833 e. The van der Waals surface area contributed by atoms with Crippen LogP contribution >= 0.6 is 0 Å². The molecule has 0 aliphatic rings. The first-order valence-corrected chi connectivity index (χ1v) is 6.98. The first kappa shape index (κ1) is 13.8. The molecule has 0 aliphatic heterocycles. The largest absolute Gasteiger partial charge is 0.253 e. The third-order valence-electron chi connectivity index (χ3n) is 3.66. The minimum Gasteiger partial charge on any atom is -0.253 e. The number of aromatic nitrogens is 3. The second-order valence-corrected chi connectivity index (χ2v) is 5.48. The fourth-order valence-electron chi connectivity index (χ4n) is 2.97. The summed E-state index contributed by atoms with van der Waals surface area (Å²) in [5.74, 6) is 0.475. The van der Waals surface area contributed by atoms with Crippen molar-refractivity contribution in [3.05, 3.63) is 46.3 Å². The molecular formula is C16H23N3. The summed E-state index contributed by atoms with van der Waals surface area (Å²) >= 11 is 0. The first-order valence-electron chi connectivity index (χ1n) is 6.98. The van der Waals surface area contributed by atoms with Crippen molar-refractivity contribution < 1.29 is 0 Å². The Labute approximate surface area is 115 Å². The van der Waals surface area contributed by atoms with Crippen LogP contribution in [0.4, 0.5) is 0 Å². The summed E-state index contributed by atoms with van der Waals surface area (Å²) in [6, 6.07) is 4.53. The van der Waals surface area contributed by atoms with E-state index >= 15 is 0 Å². The van der Waals surface area contributed by atoms with Crippen LogP contribution in [0.2, 0.25) is 0 Å². The topological polar surface area (TPSA) is 30.7 Å². The Balaban J connectivity index is 2.22. The van der Waals surface area contributed by atoms with Gasteiger partial charge in [-0.1, -0.05) is 29.8 Å². The second-order valence-electron chi connectivity index (χ2n) is 5.48. The average molecular weight is 257 g/mol. The molecule has 0 saturated carbocycles. The zero-order valence-electron chi connectivity index (χ0n) is 12.6. The first-order chi connectivity index (χ1) is 9.01. The van der Waals surface area contributed by atoms with Crippen LogP contribution in [0.5, 0.6) is 0 Å². The van der Waals surface area contributed by atoms with E-state index in [1.54, 1.807) is 0 Å². The highest BCUT2D eigenvalue weighted by Gasteiger charge is 2.14. The summed E-state index contributed by atoms with van der Waals surface area (Å²) in [5, 5.41) is 8.35. The van der Waals surface area contributed by atoms with E-state index in [9.17, 15) is 0 Å². The smallest absolute Gasteiger partial charge is 0.0833 e. The van der Waals surface area contributed by atoms with Crippen LogP contribution < -0.4 is 0 Å². The number of nitrogens with zero attached hydrogens (tertiary/aromatic N) is 3. The highest BCUT2D eigenvalue weighted by atomic mass is 15.4. The zero-order valence-corrected chi connectivity index (χ0v) is 12.6. The van der Waals surface area contributed by atoms with Gasteiger partial charge in [0, 0.05) is 12.7 Å². The van der Waals surface area contributed by atoms with Crippen LogP contribution in [0.1, 0.15) is 47.7 Å². The van der Waals surface area contributed by atoms with Crippen molar-refractivity contribution in [2.24, 2.45) is 0 Å². The van der Waals surface area contributed by atoms with E-state index in [0.717, 1.165) is 18.7 Å². The lowest BCUT2D eigenvalue weighted by molar-refractivity contribution is 0.626. The lowest BCUT2D eigenvalue weighted by Gasteiger charge is -2.17. The van der Waals surface area contributed by atoms with Crippen molar-refractivity contribution in [3.63, 3.8) is 0 Å². The van der Waals surface area contributed by atoms with E-state index in [0.29, 0.717) is 5.92 Å². The van der Waals surface area contributed by atoms with Gasteiger partial charge in [0.15, 0.2) is 0 Å². The summed E-state index contributed by atoms with van der Waals surface area (Å²) in [4.78, 5) is 0. The summed E-state index contributed by atoms with van der Waals surface area (Å²) in [7, 11) is 0. The van der Waals surface area contributed by atoms with Gasteiger partial charge in [0.25, 0.3) is 0 Å². The highest BCUT2D eigenvalue weighted by molar-refractivity contribution is 5.40. The molecule has 1 unspecified atom stereocenters. The molecule has 3 heteroatoms. The molecule has 3 nitrogen and oxygen atoms in total. The third-order valence-corrected chi connectivity index (χ3v) is 3.66. The molecule has 1 heterocycles. The Kier molecular flexibility index (Phi) is 4.03. The number of aryl methyl sites for hydroxylation is 4. The maximum absolute atomic E-state index is 4.24. The van der Waals surface area contributed by atoms with Crippen LogP contribution in [0.25, 0.3) is 0 Å². The predicted molar refractivity (Wildman–Crippen MR) is 78.5 cm³/mol. The van der Waals surface area contributed by atoms with Gasteiger partial charge in [-0.05, 0) is 56.7 Å². The molecule has 0 spiro atoms. The van der Waals surface area contributed by atoms with Crippen LogP contribution in [-0.2, 0) is 13.0 Å². The Morgan fingerprint density at radius 2 is 1.79 bits per heavy atom. The number of hydrogen-bond acceptors (Lipinski definition) is 2. The van der Waals surface area contributed by atoms with E-state index in [-0.39, 0.29) is 0 Å².